The Bertz CT molecular complexity index is 816. The molecule has 3 heteroatoms. The maximum absolute atomic E-state index is 12.1. The van der Waals surface area contributed by atoms with Gasteiger partial charge in [0.1, 0.15) is 5.75 Å². The van der Waals surface area contributed by atoms with Crippen LogP contribution in [-0.2, 0) is 16.6 Å². The summed E-state index contributed by atoms with van der Waals surface area (Å²) in [7, 11) is 0. The number of esters is 1. The molecule has 3 aliphatic rings. The molecule has 3 nitrogen and oxygen atoms in total. The lowest BCUT2D eigenvalue weighted by molar-refractivity contribution is -0.129. The van der Waals surface area contributed by atoms with E-state index in [0.717, 1.165) is 17.9 Å². The molecule has 0 amide bonds. The zero-order valence-electron chi connectivity index (χ0n) is 17.7. The lowest BCUT2D eigenvalue weighted by atomic mass is 9.59. The van der Waals surface area contributed by atoms with Crippen LogP contribution >= 0.6 is 0 Å². The highest BCUT2D eigenvalue weighted by molar-refractivity contribution is 5.84. The number of likely N-dealkylation sites (tertiary alicyclic amines) is 1. The maximum Gasteiger partial charge on any atom is 0.336 e. The second-order valence-electron chi connectivity index (χ2n) is 9.51. The third kappa shape index (κ3) is 3.82. The lowest BCUT2D eigenvalue weighted by Crippen LogP contribution is -2.58. The van der Waals surface area contributed by atoms with E-state index >= 15 is 0 Å². The first-order chi connectivity index (χ1) is 13.4. The number of carbonyl (C=O) groups is 1. The average Bonchev–Trinajstić information content (AvgIpc) is 3.45. The fourth-order valence-electron chi connectivity index (χ4n) is 5.08. The van der Waals surface area contributed by atoms with E-state index in [0.29, 0.717) is 17.7 Å². The number of hydrogen-bond donors (Lipinski definition) is 0. The number of ether oxygens (including phenoxy) is 1. The zero-order chi connectivity index (χ0) is 19.9. The molecule has 4 rings (SSSR count). The minimum absolute atomic E-state index is 0.165. The van der Waals surface area contributed by atoms with E-state index < -0.39 is 0 Å². The topological polar surface area (TPSA) is 29.5 Å². The molecule has 1 heterocycles. The highest BCUT2D eigenvalue weighted by Crippen LogP contribution is 2.50. The van der Waals surface area contributed by atoms with E-state index in [1.165, 1.54) is 49.6 Å². The lowest BCUT2D eigenvalue weighted by Gasteiger charge is -2.54. The molecular formula is C25H33NO2. The molecule has 1 saturated heterocycles. The Morgan fingerprint density at radius 2 is 2.11 bits per heavy atom. The minimum Gasteiger partial charge on any atom is -0.423 e. The van der Waals surface area contributed by atoms with Gasteiger partial charge in [-0.25, -0.2) is 4.79 Å². The van der Waals surface area contributed by atoms with Gasteiger partial charge in [0.2, 0.25) is 0 Å². The van der Waals surface area contributed by atoms with Gasteiger partial charge in [-0.3, -0.25) is 4.90 Å². The Kier molecular flexibility index (Phi) is 5.22. The SMILES string of the molecule is CC(C)=C/C=C/C(=O)Oc1ccc2c(c1)C1(C)CCN(CC3CC3)C(C2)C1C. The fourth-order valence-corrected chi connectivity index (χ4v) is 5.08. The molecule has 0 spiro atoms. The van der Waals surface area contributed by atoms with Crippen LogP contribution in [0.5, 0.6) is 5.75 Å². The van der Waals surface area contributed by atoms with E-state index in [4.69, 9.17) is 4.74 Å². The van der Waals surface area contributed by atoms with Crippen molar-refractivity contribution in [2.75, 3.05) is 13.1 Å². The van der Waals surface area contributed by atoms with Crippen LogP contribution in [0.15, 0.2) is 42.0 Å². The number of benzene rings is 1. The van der Waals surface area contributed by atoms with Crippen LogP contribution in [0, 0.1) is 11.8 Å². The first kappa shape index (κ1) is 19.4. The molecule has 1 aromatic rings. The van der Waals surface area contributed by atoms with E-state index in [9.17, 15) is 4.79 Å². The Morgan fingerprint density at radius 1 is 1.32 bits per heavy atom. The summed E-state index contributed by atoms with van der Waals surface area (Å²) in [6.45, 7) is 11.3. The fraction of sp³-hybridized carbons (Fsp3) is 0.560. The summed E-state index contributed by atoms with van der Waals surface area (Å²) in [5, 5.41) is 0. The van der Waals surface area contributed by atoms with Crippen LogP contribution in [0.3, 0.4) is 0 Å². The van der Waals surface area contributed by atoms with Gasteiger partial charge >= 0.3 is 5.97 Å². The summed E-state index contributed by atoms with van der Waals surface area (Å²) in [5.41, 5.74) is 4.15. The molecule has 3 unspecified atom stereocenters. The Labute approximate surface area is 169 Å². The molecule has 28 heavy (non-hydrogen) atoms. The molecular weight excluding hydrogens is 346 g/mol. The summed E-state index contributed by atoms with van der Waals surface area (Å²) >= 11 is 0. The minimum atomic E-state index is -0.316. The van der Waals surface area contributed by atoms with Crippen molar-refractivity contribution in [2.45, 2.75) is 64.8 Å². The van der Waals surface area contributed by atoms with Gasteiger partial charge in [-0.1, -0.05) is 37.6 Å². The number of hydrogen-bond acceptors (Lipinski definition) is 3. The standard InChI is InChI=1S/C25H33NO2/c1-17(2)6-5-7-24(27)28-21-11-10-20-14-23-18(3)25(4,22(20)15-21)12-13-26(23)16-19-8-9-19/h5-7,10-11,15,18-19,23H,8-9,12-14,16H2,1-4H3/b7-5+. The van der Waals surface area contributed by atoms with Crippen molar-refractivity contribution in [2.24, 2.45) is 11.8 Å². The van der Waals surface area contributed by atoms with Gasteiger partial charge in [-0.05, 0) is 86.6 Å². The van der Waals surface area contributed by atoms with Crippen molar-refractivity contribution in [1.29, 1.82) is 0 Å². The number of fused-ring (bicyclic) bond motifs is 4. The van der Waals surface area contributed by atoms with Gasteiger partial charge in [0.15, 0.2) is 0 Å². The van der Waals surface area contributed by atoms with Crippen molar-refractivity contribution in [3.05, 3.63) is 53.1 Å². The first-order valence-corrected chi connectivity index (χ1v) is 10.8. The predicted octanol–water partition coefficient (Wildman–Crippen LogP) is 5.05. The normalized spacial score (nSPS) is 29.4. The van der Waals surface area contributed by atoms with Gasteiger partial charge in [0, 0.05) is 18.7 Å². The second kappa shape index (κ2) is 7.51. The molecule has 3 atom stereocenters. The van der Waals surface area contributed by atoms with Crippen LogP contribution in [0.1, 0.15) is 58.1 Å². The number of piperidine rings is 1. The number of allylic oxidation sites excluding steroid dienone is 3. The quantitative estimate of drug-likeness (QED) is 0.310. The third-order valence-corrected chi connectivity index (χ3v) is 7.17. The largest absolute Gasteiger partial charge is 0.423 e. The van der Waals surface area contributed by atoms with Gasteiger partial charge in [0.05, 0.1) is 0 Å². The summed E-state index contributed by atoms with van der Waals surface area (Å²) < 4.78 is 5.60. The van der Waals surface area contributed by atoms with E-state index in [-0.39, 0.29) is 11.4 Å². The van der Waals surface area contributed by atoms with Crippen LogP contribution in [0.4, 0.5) is 0 Å². The van der Waals surface area contributed by atoms with Crippen LogP contribution in [0.2, 0.25) is 0 Å². The molecule has 1 saturated carbocycles. The number of rotatable bonds is 5. The van der Waals surface area contributed by atoms with Crippen molar-refractivity contribution in [3.63, 3.8) is 0 Å². The Morgan fingerprint density at radius 3 is 2.82 bits per heavy atom. The Hall–Kier alpha value is -1.87. The van der Waals surface area contributed by atoms with Crippen molar-refractivity contribution < 1.29 is 9.53 Å². The third-order valence-electron chi connectivity index (χ3n) is 7.17. The molecule has 2 bridgehead atoms. The molecule has 0 N–H and O–H groups in total. The Balaban J connectivity index is 1.54. The number of carbonyl (C=O) groups excluding carboxylic acids is 1. The summed E-state index contributed by atoms with van der Waals surface area (Å²) in [6, 6.07) is 6.93. The summed E-state index contributed by atoms with van der Waals surface area (Å²) in [5.74, 6) is 1.91. The summed E-state index contributed by atoms with van der Waals surface area (Å²) in [6.07, 6.45) is 10.3. The van der Waals surface area contributed by atoms with E-state index in [2.05, 4.69) is 30.9 Å². The van der Waals surface area contributed by atoms with Gasteiger partial charge in [-0.2, -0.15) is 0 Å². The molecule has 150 valence electrons. The molecule has 2 aliphatic carbocycles. The van der Waals surface area contributed by atoms with Crippen molar-refractivity contribution in [1.82, 2.24) is 4.90 Å². The van der Waals surface area contributed by atoms with Gasteiger partial charge in [-0.15, -0.1) is 0 Å². The van der Waals surface area contributed by atoms with Crippen LogP contribution in [0.25, 0.3) is 0 Å². The highest BCUT2D eigenvalue weighted by Gasteiger charge is 2.49. The van der Waals surface area contributed by atoms with Crippen LogP contribution < -0.4 is 4.74 Å². The summed E-state index contributed by atoms with van der Waals surface area (Å²) in [4.78, 5) is 14.9. The predicted molar refractivity (Wildman–Crippen MR) is 114 cm³/mol. The van der Waals surface area contributed by atoms with Gasteiger partial charge in [0.25, 0.3) is 0 Å². The molecule has 1 aliphatic heterocycles. The highest BCUT2D eigenvalue weighted by atomic mass is 16.5. The molecule has 0 radical (unpaired) electrons. The monoisotopic (exact) mass is 379 g/mol. The van der Waals surface area contributed by atoms with Crippen LogP contribution in [-0.4, -0.2) is 30.0 Å². The molecule has 1 aromatic carbocycles. The second-order valence-corrected chi connectivity index (χ2v) is 9.51. The molecule has 0 aromatic heterocycles. The average molecular weight is 380 g/mol. The molecule has 2 fully saturated rings. The maximum atomic E-state index is 12.1. The van der Waals surface area contributed by atoms with E-state index in [1.807, 2.05) is 26.0 Å². The van der Waals surface area contributed by atoms with E-state index in [1.54, 1.807) is 6.08 Å². The number of nitrogens with zero attached hydrogens (tertiary/aromatic N) is 1. The van der Waals surface area contributed by atoms with Crippen molar-refractivity contribution >= 4 is 5.97 Å². The first-order valence-electron chi connectivity index (χ1n) is 10.8. The van der Waals surface area contributed by atoms with Gasteiger partial charge < -0.3 is 4.74 Å². The zero-order valence-corrected chi connectivity index (χ0v) is 17.7. The van der Waals surface area contributed by atoms with Crippen molar-refractivity contribution in [3.8, 4) is 5.75 Å². The smallest absolute Gasteiger partial charge is 0.336 e.